The first-order chi connectivity index (χ1) is 13.0. The van der Waals surface area contributed by atoms with Crippen molar-refractivity contribution in [2.24, 2.45) is 0 Å². The van der Waals surface area contributed by atoms with Gasteiger partial charge >= 0.3 is 5.97 Å². The highest BCUT2D eigenvalue weighted by Gasteiger charge is 2.11. The SMILES string of the molecule is CCOc1ccc(NC(=O)COC(=O)Cn2ccccc2=O)cc1OCC. The molecule has 0 aliphatic rings. The van der Waals surface area contributed by atoms with E-state index >= 15 is 0 Å². The lowest BCUT2D eigenvalue weighted by Gasteiger charge is -2.13. The lowest BCUT2D eigenvalue weighted by atomic mass is 10.2. The molecule has 27 heavy (non-hydrogen) atoms. The Labute approximate surface area is 156 Å². The molecular weight excluding hydrogens is 352 g/mol. The van der Waals surface area contributed by atoms with Crippen LogP contribution in [-0.2, 0) is 20.9 Å². The number of rotatable bonds is 9. The molecule has 1 aromatic carbocycles. The van der Waals surface area contributed by atoms with Gasteiger partial charge in [-0.2, -0.15) is 0 Å². The van der Waals surface area contributed by atoms with E-state index in [1.807, 2.05) is 13.8 Å². The molecule has 2 rings (SSSR count). The molecule has 1 aromatic heterocycles. The van der Waals surface area contributed by atoms with Crippen molar-refractivity contribution in [3.8, 4) is 11.5 Å². The second-order valence-corrected chi connectivity index (χ2v) is 5.40. The highest BCUT2D eigenvalue weighted by atomic mass is 16.5. The highest BCUT2D eigenvalue weighted by molar-refractivity contribution is 5.93. The van der Waals surface area contributed by atoms with E-state index in [0.29, 0.717) is 30.4 Å². The van der Waals surface area contributed by atoms with Gasteiger partial charge in [-0.1, -0.05) is 6.07 Å². The van der Waals surface area contributed by atoms with Crippen molar-refractivity contribution in [1.29, 1.82) is 0 Å². The molecule has 2 aromatic rings. The summed E-state index contributed by atoms with van der Waals surface area (Å²) in [5.41, 5.74) is 0.166. The first-order valence-electron chi connectivity index (χ1n) is 8.54. The lowest BCUT2D eigenvalue weighted by molar-refractivity contribution is -0.147. The Morgan fingerprint density at radius 1 is 1.04 bits per heavy atom. The Bertz CT molecular complexity index is 846. The van der Waals surface area contributed by atoms with Gasteiger partial charge in [0.15, 0.2) is 18.1 Å². The van der Waals surface area contributed by atoms with Gasteiger partial charge in [0, 0.05) is 24.0 Å². The first kappa shape index (κ1) is 20.0. The number of nitrogens with one attached hydrogen (secondary N) is 1. The Kier molecular flexibility index (Phi) is 7.42. The maximum Gasteiger partial charge on any atom is 0.326 e. The largest absolute Gasteiger partial charge is 0.490 e. The van der Waals surface area contributed by atoms with Crippen LogP contribution in [0.1, 0.15) is 13.8 Å². The van der Waals surface area contributed by atoms with Gasteiger partial charge in [0.1, 0.15) is 6.54 Å². The van der Waals surface area contributed by atoms with Crippen molar-refractivity contribution in [2.45, 2.75) is 20.4 Å². The Balaban J connectivity index is 1.89. The minimum absolute atomic E-state index is 0.259. The lowest BCUT2D eigenvalue weighted by Crippen LogP contribution is -2.26. The molecule has 0 saturated heterocycles. The molecular formula is C19H22N2O6. The number of pyridine rings is 1. The second-order valence-electron chi connectivity index (χ2n) is 5.40. The van der Waals surface area contributed by atoms with Crippen LogP contribution in [0.15, 0.2) is 47.4 Å². The van der Waals surface area contributed by atoms with Crippen molar-refractivity contribution < 1.29 is 23.8 Å². The Hall–Kier alpha value is -3.29. The molecule has 8 heteroatoms. The third-order valence-corrected chi connectivity index (χ3v) is 3.39. The molecule has 0 unspecified atom stereocenters. The summed E-state index contributed by atoms with van der Waals surface area (Å²) in [6.07, 6.45) is 1.47. The van der Waals surface area contributed by atoms with Crippen molar-refractivity contribution in [3.63, 3.8) is 0 Å². The fourth-order valence-corrected chi connectivity index (χ4v) is 2.25. The zero-order valence-corrected chi connectivity index (χ0v) is 15.3. The van der Waals surface area contributed by atoms with Gasteiger partial charge < -0.3 is 24.1 Å². The van der Waals surface area contributed by atoms with Crippen molar-refractivity contribution in [3.05, 3.63) is 52.9 Å². The number of nitrogens with zero attached hydrogens (tertiary/aromatic N) is 1. The number of carbonyl (C=O) groups excluding carboxylic acids is 2. The number of esters is 1. The highest BCUT2D eigenvalue weighted by Crippen LogP contribution is 2.30. The second kappa shape index (κ2) is 10.0. The van der Waals surface area contributed by atoms with Gasteiger partial charge in [0.2, 0.25) is 0 Å². The van der Waals surface area contributed by atoms with Gasteiger partial charge in [-0.15, -0.1) is 0 Å². The van der Waals surface area contributed by atoms with Crippen LogP contribution in [0.4, 0.5) is 5.69 Å². The molecule has 8 nitrogen and oxygen atoms in total. The molecule has 1 heterocycles. The molecule has 1 N–H and O–H groups in total. The monoisotopic (exact) mass is 374 g/mol. The number of benzene rings is 1. The summed E-state index contributed by atoms with van der Waals surface area (Å²) in [4.78, 5) is 35.3. The maximum atomic E-state index is 12.0. The zero-order chi connectivity index (χ0) is 19.6. The van der Waals surface area contributed by atoms with Gasteiger partial charge in [0.25, 0.3) is 11.5 Å². The predicted molar refractivity (Wildman–Crippen MR) is 99.1 cm³/mol. The van der Waals surface area contributed by atoms with Crippen LogP contribution in [-0.4, -0.2) is 36.3 Å². The summed E-state index contributed by atoms with van der Waals surface area (Å²) in [5.74, 6) is -0.0924. The molecule has 144 valence electrons. The fourth-order valence-electron chi connectivity index (χ4n) is 2.25. The summed E-state index contributed by atoms with van der Waals surface area (Å²) >= 11 is 0. The Morgan fingerprint density at radius 2 is 1.78 bits per heavy atom. The predicted octanol–water partition coefficient (Wildman–Crippen LogP) is 1.83. The van der Waals surface area contributed by atoms with E-state index in [0.717, 1.165) is 0 Å². The summed E-state index contributed by atoms with van der Waals surface area (Å²) in [7, 11) is 0. The zero-order valence-electron chi connectivity index (χ0n) is 15.3. The number of amides is 1. The molecule has 0 aliphatic carbocycles. The summed E-state index contributed by atoms with van der Waals surface area (Å²) in [6, 6.07) is 9.53. The molecule has 1 amide bonds. The number of hydrogen-bond donors (Lipinski definition) is 1. The van der Waals surface area contributed by atoms with E-state index in [1.165, 1.54) is 16.8 Å². The van der Waals surface area contributed by atoms with Gasteiger partial charge in [-0.05, 0) is 32.0 Å². The normalized spacial score (nSPS) is 10.1. The Morgan fingerprint density at radius 3 is 2.48 bits per heavy atom. The summed E-state index contributed by atoms with van der Waals surface area (Å²) in [6.45, 7) is 3.93. The summed E-state index contributed by atoms with van der Waals surface area (Å²) < 4.78 is 17.1. The van der Waals surface area contributed by atoms with E-state index in [2.05, 4.69) is 5.32 Å². The number of hydrogen-bond acceptors (Lipinski definition) is 6. The minimum atomic E-state index is -0.680. The van der Waals surface area contributed by atoms with Gasteiger partial charge in [-0.3, -0.25) is 14.4 Å². The molecule has 0 saturated carbocycles. The van der Waals surface area contributed by atoms with Gasteiger partial charge in [0.05, 0.1) is 13.2 Å². The van der Waals surface area contributed by atoms with E-state index in [9.17, 15) is 14.4 Å². The summed E-state index contributed by atoms with van der Waals surface area (Å²) in [5, 5.41) is 2.62. The van der Waals surface area contributed by atoms with Crippen LogP contribution in [0, 0.1) is 0 Å². The van der Waals surface area contributed by atoms with E-state index in [-0.39, 0.29) is 12.1 Å². The third kappa shape index (κ3) is 6.18. The third-order valence-electron chi connectivity index (χ3n) is 3.39. The van der Waals surface area contributed by atoms with Crippen LogP contribution in [0.25, 0.3) is 0 Å². The van der Waals surface area contributed by atoms with Crippen molar-refractivity contribution >= 4 is 17.6 Å². The quantitative estimate of drug-likeness (QED) is 0.673. The van der Waals surface area contributed by atoms with E-state index in [4.69, 9.17) is 14.2 Å². The molecule has 0 spiro atoms. The average Bonchev–Trinajstić information content (AvgIpc) is 2.64. The standard InChI is InChI=1S/C19H22N2O6/c1-3-25-15-9-8-14(11-16(15)26-4-2)20-17(22)13-27-19(24)12-21-10-6-5-7-18(21)23/h5-11H,3-4,12-13H2,1-2H3,(H,20,22). The van der Waals surface area contributed by atoms with Crippen molar-refractivity contribution in [2.75, 3.05) is 25.1 Å². The molecule has 0 aliphatic heterocycles. The maximum absolute atomic E-state index is 12.0. The number of aromatic nitrogens is 1. The van der Waals surface area contributed by atoms with Crippen LogP contribution in [0.3, 0.4) is 0 Å². The molecule has 0 fully saturated rings. The number of anilines is 1. The fraction of sp³-hybridized carbons (Fsp3) is 0.316. The number of ether oxygens (including phenoxy) is 3. The minimum Gasteiger partial charge on any atom is -0.490 e. The van der Waals surface area contributed by atoms with E-state index < -0.39 is 18.5 Å². The average molecular weight is 374 g/mol. The number of carbonyl (C=O) groups is 2. The van der Waals surface area contributed by atoms with Crippen molar-refractivity contribution in [1.82, 2.24) is 4.57 Å². The van der Waals surface area contributed by atoms with E-state index in [1.54, 1.807) is 30.3 Å². The van der Waals surface area contributed by atoms with Gasteiger partial charge in [-0.25, -0.2) is 0 Å². The van der Waals surface area contributed by atoms with Crippen LogP contribution in [0.2, 0.25) is 0 Å². The van der Waals surface area contributed by atoms with Crippen LogP contribution < -0.4 is 20.3 Å². The molecule has 0 atom stereocenters. The first-order valence-corrected chi connectivity index (χ1v) is 8.54. The smallest absolute Gasteiger partial charge is 0.326 e. The molecule has 0 radical (unpaired) electrons. The topological polar surface area (TPSA) is 95.9 Å². The van der Waals surface area contributed by atoms with Crippen LogP contribution in [0.5, 0.6) is 11.5 Å². The molecule has 0 bridgehead atoms. The van der Waals surface area contributed by atoms with Crippen LogP contribution >= 0.6 is 0 Å².